The van der Waals surface area contributed by atoms with Crippen LogP contribution in [0.5, 0.6) is 0 Å². The van der Waals surface area contributed by atoms with Crippen molar-refractivity contribution in [2.75, 3.05) is 4.90 Å². The van der Waals surface area contributed by atoms with Gasteiger partial charge in [0, 0.05) is 17.5 Å². The number of benzene rings is 3. The molecule has 1 heterocycles. The molecule has 0 radical (unpaired) electrons. The SMILES string of the molecule is CC.Cc1c(C)c(C)c2c(c1C)C(=O)C(=C1C=Cc3cccc(N4C(=O)c5c(C)c(C)c(C)c(C)c5C4=O)c3C1)C2=O. The second-order valence-electron chi connectivity index (χ2n) is 11.4. The third-order valence-corrected chi connectivity index (χ3v) is 9.70. The third kappa shape index (κ3) is 3.76. The van der Waals surface area contributed by atoms with E-state index >= 15 is 0 Å². The minimum atomic E-state index is -0.335. The molecule has 3 aromatic rings. The number of nitrogens with zero attached hydrogens (tertiary/aromatic N) is 1. The molecule has 0 saturated carbocycles. The monoisotopic (exact) mass is 559 g/mol. The molecule has 42 heavy (non-hydrogen) atoms. The number of hydrogen-bond donors (Lipinski definition) is 0. The first kappa shape index (κ1) is 29.1. The molecule has 2 aliphatic carbocycles. The molecule has 0 unspecified atom stereocenters. The molecule has 2 amide bonds. The number of hydrogen-bond acceptors (Lipinski definition) is 4. The molecular weight excluding hydrogens is 522 g/mol. The summed E-state index contributed by atoms with van der Waals surface area (Å²) in [6, 6.07) is 5.53. The summed E-state index contributed by atoms with van der Waals surface area (Å²) in [5.41, 5.74) is 12.2. The minimum Gasteiger partial charge on any atom is -0.288 e. The van der Waals surface area contributed by atoms with E-state index in [9.17, 15) is 19.2 Å². The Labute approximate surface area is 247 Å². The Bertz CT molecular complexity index is 1770. The Hall–Kier alpha value is -4.38. The number of imide groups is 1. The zero-order valence-electron chi connectivity index (χ0n) is 26.2. The van der Waals surface area contributed by atoms with Gasteiger partial charge in [0.15, 0.2) is 11.6 Å². The van der Waals surface area contributed by atoms with Crippen LogP contribution in [0.25, 0.3) is 6.08 Å². The normalized spacial score (nSPS) is 15.2. The van der Waals surface area contributed by atoms with Gasteiger partial charge in [-0.25, -0.2) is 4.90 Å². The fourth-order valence-electron chi connectivity index (χ4n) is 6.67. The molecule has 5 heteroatoms. The van der Waals surface area contributed by atoms with Gasteiger partial charge in [0.1, 0.15) is 0 Å². The van der Waals surface area contributed by atoms with Gasteiger partial charge in [0.05, 0.1) is 22.4 Å². The highest BCUT2D eigenvalue weighted by Crippen LogP contribution is 2.42. The summed E-state index contributed by atoms with van der Waals surface area (Å²) in [6.45, 7) is 19.5. The van der Waals surface area contributed by atoms with Crippen LogP contribution in [0.1, 0.15) is 111 Å². The van der Waals surface area contributed by atoms with Crippen molar-refractivity contribution >= 4 is 35.1 Å². The van der Waals surface area contributed by atoms with Crippen LogP contribution in [0.2, 0.25) is 0 Å². The van der Waals surface area contributed by atoms with E-state index in [0.29, 0.717) is 33.5 Å². The summed E-state index contributed by atoms with van der Waals surface area (Å²) in [7, 11) is 0. The third-order valence-electron chi connectivity index (χ3n) is 9.70. The van der Waals surface area contributed by atoms with Crippen molar-refractivity contribution in [1.82, 2.24) is 0 Å². The number of amides is 2. The number of carbonyl (C=O) groups excluding carboxylic acids is 4. The number of rotatable bonds is 1. The summed E-state index contributed by atoms with van der Waals surface area (Å²) in [5, 5.41) is 0. The summed E-state index contributed by atoms with van der Waals surface area (Å²) in [4.78, 5) is 56.4. The largest absolute Gasteiger partial charge is 0.288 e. The molecule has 0 aromatic heterocycles. The Morgan fingerprint density at radius 2 is 0.976 bits per heavy atom. The molecule has 0 atom stereocenters. The van der Waals surface area contributed by atoms with E-state index in [1.54, 1.807) is 6.07 Å². The quantitative estimate of drug-likeness (QED) is 0.172. The zero-order valence-corrected chi connectivity index (χ0v) is 26.2. The maximum atomic E-state index is 13.8. The maximum absolute atomic E-state index is 13.8. The number of anilines is 1. The van der Waals surface area contributed by atoms with Crippen molar-refractivity contribution in [2.24, 2.45) is 0 Å². The Balaban J connectivity index is 0.00000173. The van der Waals surface area contributed by atoms with Gasteiger partial charge in [-0.1, -0.05) is 38.1 Å². The summed E-state index contributed by atoms with van der Waals surface area (Å²) < 4.78 is 0. The molecule has 3 aromatic carbocycles. The number of allylic oxidation sites excluding steroid dienone is 3. The first-order valence-electron chi connectivity index (χ1n) is 14.6. The van der Waals surface area contributed by atoms with E-state index in [4.69, 9.17) is 0 Å². The lowest BCUT2D eigenvalue weighted by Crippen LogP contribution is -2.31. The van der Waals surface area contributed by atoms with Crippen molar-refractivity contribution in [3.05, 3.63) is 113 Å². The van der Waals surface area contributed by atoms with Crippen LogP contribution in [0.15, 0.2) is 35.4 Å². The van der Waals surface area contributed by atoms with Crippen LogP contribution in [0.4, 0.5) is 5.69 Å². The topological polar surface area (TPSA) is 71.5 Å². The van der Waals surface area contributed by atoms with E-state index in [0.717, 1.165) is 55.6 Å². The molecular formula is C37H37NO4. The maximum Gasteiger partial charge on any atom is 0.266 e. The van der Waals surface area contributed by atoms with Gasteiger partial charge < -0.3 is 0 Å². The number of carbonyl (C=O) groups is 4. The lowest BCUT2D eigenvalue weighted by atomic mass is 9.88. The first-order chi connectivity index (χ1) is 19.9. The van der Waals surface area contributed by atoms with Crippen LogP contribution in [-0.4, -0.2) is 23.4 Å². The summed E-state index contributed by atoms with van der Waals surface area (Å²) in [6.07, 6.45) is 3.96. The van der Waals surface area contributed by atoms with E-state index in [2.05, 4.69) is 0 Å². The van der Waals surface area contributed by atoms with Crippen molar-refractivity contribution in [1.29, 1.82) is 0 Å². The molecule has 5 nitrogen and oxygen atoms in total. The standard InChI is InChI=1S/C35H31NO4.C2H6/c1-15-16(2)20(6)28-27(19(15)5)32(37)31(33(28)38)24-13-12-23-10-9-11-26(25(23)14-24)36-34(39)29-21(7)17(3)18(4)22(8)30(29)35(36)40;1-2/h9-13H,14H2,1-8H3;1-2H3. The predicted octanol–water partition coefficient (Wildman–Crippen LogP) is 7.93. The molecule has 3 aliphatic rings. The lowest BCUT2D eigenvalue weighted by molar-refractivity contribution is 0.0921. The molecule has 0 fully saturated rings. The zero-order chi connectivity index (χ0) is 30.9. The van der Waals surface area contributed by atoms with Crippen molar-refractivity contribution in [3.8, 4) is 0 Å². The van der Waals surface area contributed by atoms with Gasteiger partial charge in [0.2, 0.25) is 0 Å². The highest BCUT2D eigenvalue weighted by molar-refractivity contribution is 6.41. The molecule has 0 saturated heterocycles. The van der Waals surface area contributed by atoms with Crippen LogP contribution in [0, 0.1) is 55.4 Å². The molecule has 0 bridgehead atoms. The van der Waals surface area contributed by atoms with Gasteiger partial charge in [-0.05, 0) is 123 Å². The van der Waals surface area contributed by atoms with Crippen LogP contribution in [0.3, 0.4) is 0 Å². The van der Waals surface area contributed by atoms with Crippen molar-refractivity contribution < 1.29 is 19.2 Å². The van der Waals surface area contributed by atoms with Crippen LogP contribution in [-0.2, 0) is 6.42 Å². The molecule has 0 N–H and O–H groups in total. The highest BCUT2D eigenvalue weighted by Gasteiger charge is 2.43. The fraction of sp³-hybridized carbons (Fsp3) is 0.297. The minimum absolute atomic E-state index is 0.184. The van der Waals surface area contributed by atoms with Crippen molar-refractivity contribution in [3.63, 3.8) is 0 Å². The van der Waals surface area contributed by atoms with Gasteiger partial charge in [0.25, 0.3) is 11.8 Å². The lowest BCUT2D eigenvalue weighted by Gasteiger charge is -2.23. The summed E-state index contributed by atoms with van der Waals surface area (Å²) >= 11 is 0. The number of Topliss-reactive ketones (excluding diaryl/α,β-unsaturated/α-hetero) is 2. The van der Waals surface area contributed by atoms with Crippen LogP contribution < -0.4 is 4.90 Å². The van der Waals surface area contributed by atoms with Crippen LogP contribution >= 0.6 is 0 Å². The smallest absolute Gasteiger partial charge is 0.266 e. The van der Waals surface area contributed by atoms with Gasteiger partial charge in [-0.2, -0.15) is 0 Å². The van der Waals surface area contributed by atoms with Gasteiger partial charge >= 0.3 is 0 Å². The predicted molar refractivity (Wildman–Crippen MR) is 168 cm³/mol. The molecule has 214 valence electrons. The molecule has 0 spiro atoms. The second kappa shape index (κ2) is 10.2. The van der Waals surface area contributed by atoms with E-state index in [1.165, 1.54) is 4.90 Å². The van der Waals surface area contributed by atoms with E-state index in [1.807, 2.05) is 93.5 Å². The van der Waals surface area contributed by atoms with Crippen molar-refractivity contribution in [2.45, 2.75) is 75.7 Å². The summed E-state index contributed by atoms with van der Waals surface area (Å²) in [5.74, 6) is -1.17. The van der Waals surface area contributed by atoms with Gasteiger partial charge in [-0.3, -0.25) is 19.2 Å². The molecule has 1 aliphatic heterocycles. The molecule has 6 rings (SSSR count). The first-order valence-corrected chi connectivity index (χ1v) is 14.6. The highest BCUT2D eigenvalue weighted by atomic mass is 16.2. The Morgan fingerprint density at radius 3 is 1.43 bits per heavy atom. The Morgan fingerprint density at radius 1 is 0.548 bits per heavy atom. The second-order valence-corrected chi connectivity index (χ2v) is 11.4. The number of fused-ring (bicyclic) bond motifs is 3. The Kier molecular flexibility index (Phi) is 7.05. The fourth-order valence-corrected chi connectivity index (χ4v) is 6.67. The average Bonchev–Trinajstić information content (AvgIpc) is 3.41. The number of ketones is 2. The average molecular weight is 560 g/mol. The van der Waals surface area contributed by atoms with E-state index in [-0.39, 0.29) is 35.4 Å². The van der Waals surface area contributed by atoms with E-state index < -0.39 is 0 Å². The van der Waals surface area contributed by atoms with Gasteiger partial charge in [-0.15, -0.1) is 0 Å².